The molecule has 0 bridgehead atoms. The molecule has 0 aromatic heterocycles. The quantitative estimate of drug-likeness (QED) is 0.425. The average molecular weight is 259 g/mol. The van der Waals surface area contributed by atoms with Crippen LogP contribution < -0.4 is 20.6 Å². The van der Waals surface area contributed by atoms with Crippen LogP contribution in [0.5, 0.6) is 11.5 Å². The van der Waals surface area contributed by atoms with E-state index in [0.29, 0.717) is 30.4 Å². The van der Waals surface area contributed by atoms with Gasteiger partial charge in [0.2, 0.25) is 5.71 Å². The van der Waals surface area contributed by atoms with E-state index in [2.05, 4.69) is 10.5 Å². The van der Waals surface area contributed by atoms with Crippen LogP contribution in [-0.2, 0) is 0 Å². The highest BCUT2D eigenvalue weighted by Crippen LogP contribution is 2.35. The molecular formula is C12H13N5O2. The minimum absolute atomic E-state index is 0.172. The van der Waals surface area contributed by atoms with Crippen molar-refractivity contribution in [3.63, 3.8) is 0 Å². The molecule has 0 aliphatic carbocycles. The maximum atomic E-state index is 8.75. The number of nitrogens with one attached hydrogen (secondary N) is 2. The van der Waals surface area contributed by atoms with Gasteiger partial charge in [-0.05, 0) is 18.6 Å². The van der Waals surface area contributed by atoms with E-state index in [-0.39, 0.29) is 11.5 Å². The summed E-state index contributed by atoms with van der Waals surface area (Å²) in [6.45, 7) is 2.89. The molecule has 0 spiro atoms. The molecule has 98 valence electrons. The highest BCUT2D eigenvalue weighted by atomic mass is 16.6. The van der Waals surface area contributed by atoms with Crippen LogP contribution in [-0.4, -0.2) is 24.8 Å². The maximum Gasteiger partial charge on any atom is 0.201 e. The largest absolute Gasteiger partial charge is 0.486 e. The molecule has 1 heterocycles. The Kier molecular flexibility index (Phi) is 3.52. The summed E-state index contributed by atoms with van der Waals surface area (Å²) < 4.78 is 10.9. The Morgan fingerprint density at radius 1 is 1.42 bits per heavy atom. The third-order valence-electron chi connectivity index (χ3n) is 2.54. The first kappa shape index (κ1) is 12.7. The first-order valence-corrected chi connectivity index (χ1v) is 5.60. The molecule has 1 aliphatic rings. The van der Waals surface area contributed by atoms with Crippen molar-refractivity contribution >= 4 is 17.2 Å². The van der Waals surface area contributed by atoms with Crippen LogP contribution in [0.3, 0.4) is 0 Å². The summed E-state index contributed by atoms with van der Waals surface area (Å²) in [5.41, 5.74) is 9.29. The monoisotopic (exact) mass is 259 g/mol. The van der Waals surface area contributed by atoms with E-state index in [0.717, 1.165) is 5.56 Å². The second kappa shape index (κ2) is 5.27. The number of ether oxygens (including phenoxy) is 2. The predicted octanol–water partition coefficient (Wildman–Crippen LogP) is 0.994. The van der Waals surface area contributed by atoms with Crippen molar-refractivity contribution in [3.05, 3.63) is 17.7 Å². The molecule has 1 aliphatic heterocycles. The fourth-order valence-corrected chi connectivity index (χ4v) is 1.57. The van der Waals surface area contributed by atoms with Crippen molar-refractivity contribution < 1.29 is 9.47 Å². The molecule has 0 saturated heterocycles. The molecule has 19 heavy (non-hydrogen) atoms. The molecule has 0 radical (unpaired) electrons. The summed E-state index contributed by atoms with van der Waals surface area (Å²) in [6.07, 6.45) is 0. The number of aryl methyl sites for hydroxylation is 1. The second-order valence-electron chi connectivity index (χ2n) is 3.91. The topological polar surface area (TPSA) is 117 Å². The Hall–Kier alpha value is -2.75. The summed E-state index contributed by atoms with van der Waals surface area (Å²) in [6, 6.07) is 5.30. The van der Waals surface area contributed by atoms with Crippen LogP contribution in [0.1, 0.15) is 5.56 Å². The number of hydrogen-bond acceptors (Lipinski definition) is 6. The van der Waals surface area contributed by atoms with Crippen molar-refractivity contribution in [2.75, 3.05) is 18.6 Å². The third kappa shape index (κ3) is 2.74. The SMILES string of the molecule is Cc1cc2c(cc1N/N=C(\C#N)C(=N)N)OCCO2. The second-order valence-corrected chi connectivity index (χ2v) is 3.91. The number of benzene rings is 1. The molecule has 0 amide bonds. The molecular weight excluding hydrogens is 246 g/mol. The van der Waals surface area contributed by atoms with E-state index in [4.69, 9.17) is 25.9 Å². The molecule has 7 nitrogen and oxygen atoms in total. The molecule has 4 N–H and O–H groups in total. The van der Waals surface area contributed by atoms with Crippen molar-refractivity contribution in [1.82, 2.24) is 0 Å². The van der Waals surface area contributed by atoms with Gasteiger partial charge in [0.05, 0.1) is 5.69 Å². The zero-order chi connectivity index (χ0) is 13.8. The van der Waals surface area contributed by atoms with Crippen LogP contribution >= 0.6 is 0 Å². The number of hydrogen-bond donors (Lipinski definition) is 3. The van der Waals surface area contributed by atoms with E-state index in [1.807, 2.05) is 13.0 Å². The summed E-state index contributed by atoms with van der Waals surface area (Å²) in [5, 5.41) is 19.7. The van der Waals surface area contributed by atoms with Gasteiger partial charge >= 0.3 is 0 Å². The lowest BCUT2D eigenvalue weighted by molar-refractivity contribution is 0.171. The maximum absolute atomic E-state index is 8.75. The Labute approximate surface area is 110 Å². The van der Waals surface area contributed by atoms with Gasteiger partial charge in [-0.25, -0.2) is 0 Å². The number of nitrogens with zero attached hydrogens (tertiary/aromatic N) is 2. The van der Waals surface area contributed by atoms with E-state index in [1.165, 1.54) is 0 Å². The van der Waals surface area contributed by atoms with Crippen LogP contribution in [0.25, 0.3) is 0 Å². The van der Waals surface area contributed by atoms with Gasteiger partial charge in [0.25, 0.3) is 0 Å². The van der Waals surface area contributed by atoms with Gasteiger partial charge in [-0.1, -0.05) is 0 Å². The Morgan fingerprint density at radius 2 is 2.05 bits per heavy atom. The zero-order valence-electron chi connectivity index (χ0n) is 10.4. The van der Waals surface area contributed by atoms with Crippen LogP contribution in [0.15, 0.2) is 17.2 Å². The van der Waals surface area contributed by atoms with Gasteiger partial charge in [0, 0.05) is 6.07 Å². The number of anilines is 1. The van der Waals surface area contributed by atoms with Gasteiger partial charge in [-0.2, -0.15) is 10.4 Å². The van der Waals surface area contributed by atoms with E-state index >= 15 is 0 Å². The van der Waals surface area contributed by atoms with Crippen LogP contribution in [0.4, 0.5) is 5.69 Å². The fourth-order valence-electron chi connectivity index (χ4n) is 1.57. The van der Waals surface area contributed by atoms with Crippen molar-refractivity contribution in [1.29, 1.82) is 10.7 Å². The molecule has 0 saturated carbocycles. The lowest BCUT2D eigenvalue weighted by Gasteiger charge is -2.20. The number of nitrogens with two attached hydrogens (primary N) is 1. The number of nitriles is 1. The first-order chi connectivity index (χ1) is 9.11. The standard InChI is InChI=1S/C12H13N5O2/c1-7-4-10-11(19-3-2-18-10)5-8(7)16-17-9(6-13)12(14)15/h4-5,16H,2-3H2,1H3,(H3,14,15)/b17-9+. The van der Waals surface area contributed by atoms with Gasteiger partial charge in [-0.15, -0.1) is 0 Å². The number of rotatable bonds is 3. The van der Waals surface area contributed by atoms with Gasteiger partial charge in [0.15, 0.2) is 17.3 Å². The Bertz CT molecular complexity index is 589. The minimum atomic E-state index is -0.384. The highest BCUT2D eigenvalue weighted by Gasteiger charge is 2.14. The predicted molar refractivity (Wildman–Crippen MR) is 70.8 cm³/mol. The summed E-state index contributed by atoms with van der Waals surface area (Å²) in [5.74, 6) is 0.923. The summed E-state index contributed by atoms with van der Waals surface area (Å²) >= 11 is 0. The Morgan fingerprint density at radius 3 is 2.63 bits per heavy atom. The first-order valence-electron chi connectivity index (χ1n) is 5.60. The molecule has 0 fully saturated rings. The van der Waals surface area contributed by atoms with Gasteiger partial charge in [0.1, 0.15) is 19.3 Å². The van der Waals surface area contributed by atoms with Crippen molar-refractivity contribution in [3.8, 4) is 17.6 Å². The summed E-state index contributed by atoms with van der Waals surface area (Å²) in [7, 11) is 0. The molecule has 7 heteroatoms. The number of amidine groups is 1. The van der Waals surface area contributed by atoms with Gasteiger partial charge < -0.3 is 15.2 Å². The van der Waals surface area contributed by atoms with E-state index in [1.54, 1.807) is 12.1 Å². The van der Waals surface area contributed by atoms with E-state index in [9.17, 15) is 0 Å². The normalized spacial score (nSPS) is 13.6. The fraction of sp³-hybridized carbons (Fsp3) is 0.250. The van der Waals surface area contributed by atoms with Crippen LogP contribution in [0.2, 0.25) is 0 Å². The Balaban J connectivity index is 2.26. The lowest BCUT2D eigenvalue weighted by atomic mass is 10.1. The van der Waals surface area contributed by atoms with Crippen LogP contribution in [0, 0.1) is 23.7 Å². The highest BCUT2D eigenvalue weighted by molar-refractivity contribution is 6.45. The molecule has 1 aromatic carbocycles. The molecule has 0 atom stereocenters. The number of fused-ring (bicyclic) bond motifs is 1. The molecule has 1 aromatic rings. The molecule has 0 unspecified atom stereocenters. The minimum Gasteiger partial charge on any atom is -0.486 e. The molecule has 2 rings (SSSR count). The van der Waals surface area contributed by atoms with E-state index < -0.39 is 0 Å². The number of hydrazone groups is 1. The smallest absolute Gasteiger partial charge is 0.201 e. The van der Waals surface area contributed by atoms with Crippen molar-refractivity contribution in [2.24, 2.45) is 10.8 Å². The van der Waals surface area contributed by atoms with Crippen molar-refractivity contribution in [2.45, 2.75) is 6.92 Å². The third-order valence-corrected chi connectivity index (χ3v) is 2.54. The zero-order valence-corrected chi connectivity index (χ0v) is 10.4. The summed E-state index contributed by atoms with van der Waals surface area (Å²) in [4.78, 5) is 0. The average Bonchev–Trinajstić information content (AvgIpc) is 2.39. The lowest BCUT2D eigenvalue weighted by Crippen LogP contribution is -2.22. The van der Waals surface area contributed by atoms with Gasteiger partial charge in [-0.3, -0.25) is 10.8 Å².